The molecule has 2 amide bonds. The average Bonchev–Trinajstić information content (AvgIpc) is 3.70. The van der Waals surface area contributed by atoms with Crippen LogP contribution in [0.5, 0.6) is 0 Å². The number of carbonyl (C=O) groups is 1. The number of amides is 2. The summed E-state index contributed by atoms with van der Waals surface area (Å²) in [5.74, 6) is -0.907. The predicted octanol–water partition coefficient (Wildman–Crippen LogP) is 4.70. The van der Waals surface area contributed by atoms with Crippen molar-refractivity contribution < 1.29 is 26.9 Å². The molecule has 176 valence electrons. The Labute approximate surface area is 189 Å². The maximum Gasteiger partial charge on any atom is 0.400 e. The van der Waals surface area contributed by atoms with E-state index in [9.17, 15) is 27.6 Å². The van der Waals surface area contributed by atoms with Crippen LogP contribution in [0.25, 0.3) is 11.3 Å². The number of nitrogen functional groups attached to an aromatic ring is 1. The van der Waals surface area contributed by atoms with Gasteiger partial charge >= 0.3 is 12.2 Å². The van der Waals surface area contributed by atoms with Crippen LogP contribution >= 0.6 is 0 Å². The molecule has 9 nitrogen and oxygen atoms in total. The van der Waals surface area contributed by atoms with Crippen LogP contribution in [0.3, 0.4) is 0 Å². The highest BCUT2D eigenvalue weighted by Gasteiger charge is 2.66. The highest BCUT2D eigenvalue weighted by atomic mass is 19.4. The molecule has 0 atom stereocenters. The molecule has 0 aliphatic heterocycles. The third kappa shape index (κ3) is 3.60. The van der Waals surface area contributed by atoms with Crippen LogP contribution in [0.1, 0.15) is 43.0 Å². The van der Waals surface area contributed by atoms with Gasteiger partial charge in [-0.3, -0.25) is 5.32 Å². The standard InChI is InChI=1S/C21H17F4N7O2/c22-13-7-10(17-12(9-26)18(27)32(30-17)11-2-3-11)1-4-14(13)28-19(33)29-16-8-15(31-34-16)20(5-6-20)21(23,24)25/h1,4,7-8,11H,2-3,5-6,27H2,(H2,28,29,33). The van der Waals surface area contributed by atoms with Gasteiger partial charge in [-0.15, -0.1) is 0 Å². The molecule has 5 rings (SSSR count). The highest BCUT2D eigenvalue weighted by molar-refractivity contribution is 5.99. The van der Waals surface area contributed by atoms with Crippen molar-refractivity contribution in [2.24, 2.45) is 0 Å². The number of nitrogens with zero attached hydrogens (tertiary/aromatic N) is 4. The summed E-state index contributed by atoms with van der Waals surface area (Å²) < 4.78 is 60.7. The van der Waals surface area contributed by atoms with E-state index < -0.39 is 23.4 Å². The second-order valence-electron chi connectivity index (χ2n) is 8.33. The first-order chi connectivity index (χ1) is 16.1. The first-order valence-corrected chi connectivity index (χ1v) is 10.3. The van der Waals surface area contributed by atoms with E-state index in [1.54, 1.807) is 4.68 Å². The fourth-order valence-electron chi connectivity index (χ4n) is 3.76. The predicted molar refractivity (Wildman–Crippen MR) is 111 cm³/mol. The number of hydrogen-bond donors (Lipinski definition) is 3. The zero-order chi connectivity index (χ0) is 24.3. The van der Waals surface area contributed by atoms with Gasteiger partial charge < -0.3 is 15.6 Å². The van der Waals surface area contributed by atoms with Gasteiger partial charge in [0.1, 0.15) is 40.1 Å². The third-order valence-corrected chi connectivity index (χ3v) is 5.97. The van der Waals surface area contributed by atoms with Gasteiger partial charge in [-0.2, -0.15) is 23.5 Å². The number of nitrogens with one attached hydrogen (secondary N) is 2. The summed E-state index contributed by atoms with van der Waals surface area (Å²) in [6.45, 7) is 0. The Hall–Kier alpha value is -4.08. The minimum absolute atomic E-state index is 0.107. The summed E-state index contributed by atoms with van der Waals surface area (Å²) in [5.41, 5.74) is 4.10. The lowest BCUT2D eigenvalue weighted by Crippen LogP contribution is -2.28. The van der Waals surface area contributed by atoms with Gasteiger partial charge in [-0.1, -0.05) is 11.2 Å². The molecule has 0 saturated heterocycles. The molecule has 0 spiro atoms. The first-order valence-electron chi connectivity index (χ1n) is 10.3. The normalized spacial score (nSPS) is 16.7. The quantitative estimate of drug-likeness (QED) is 0.458. The fraction of sp³-hybridized carbons (Fsp3) is 0.333. The molecule has 4 N–H and O–H groups in total. The van der Waals surface area contributed by atoms with Crippen LogP contribution in [-0.4, -0.2) is 27.1 Å². The minimum atomic E-state index is -4.47. The fourth-order valence-corrected chi connectivity index (χ4v) is 3.76. The van der Waals surface area contributed by atoms with E-state index in [2.05, 4.69) is 20.9 Å². The maximum absolute atomic E-state index is 14.7. The molecule has 2 aromatic heterocycles. The Bertz CT molecular complexity index is 1330. The number of carbonyl (C=O) groups excluding carboxylic acids is 1. The third-order valence-electron chi connectivity index (χ3n) is 5.97. The van der Waals surface area contributed by atoms with Crippen LogP contribution in [0, 0.1) is 17.1 Å². The van der Waals surface area contributed by atoms with E-state index >= 15 is 0 Å². The molecule has 3 aromatic rings. The van der Waals surface area contributed by atoms with Gasteiger partial charge in [-0.25, -0.2) is 13.9 Å². The summed E-state index contributed by atoms with van der Waals surface area (Å²) in [7, 11) is 0. The van der Waals surface area contributed by atoms with Gasteiger partial charge in [0.05, 0.1) is 11.7 Å². The minimum Gasteiger partial charge on any atom is -0.383 e. The van der Waals surface area contributed by atoms with E-state index in [-0.39, 0.29) is 53.2 Å². The van der Waals surface area contributed by atoms with Gasteiger partial charge in [0.25, 0.3) is 0 Å². The van der Waals surface area contributed by atoms with Crippen molar-refractivity contribution in [3.63, 3.8) is 0 Å². The first kappa shape index (κ1) is 21.7. The van der Waals surface area contributed by atoms with Crippen molar-refractivity contribution in [2.75, 3.05) is 16.4 Å². The largest absolute Gasteiger partial charge is 0.400 e. The summed E-state index contributed by atoms with van der Waals surface area (Å²) >= 11 is 0. The van der Waals surface area contributed by atoms with Crippen LogP contribution in [0.4, 0.5) is 39.7 Å². The molecular weight excluding hydrogens is 458 g/mol. The second kappa shape index (κ2) is 7.47. The van der Waals surface area contributed by atoms with Crippen LogP contribution in [-0.2, 0) is 5.41 Å². The molecule has 0 radical (unpaired) electrons. The molecule has 2 fully saturated rings. The Morgan fingerprint density at radius 2 is 2.00 bits per heavy atom. The molecule has 2 aliphatic rings. The van der Waals surface area contributed by atoms with Crippen molar-refractivity contribution in [1.29, 1.82) is 5.26 Å². The number of benzene rings is 1. The number of urea groups is 1. The van der Waals surface area contributed by atoms with Crippen molar-refractivity contribution >= 4 is 23.4 Å². The van der Waals surface area contributed by atoms with Crippen molar-refractivity contribution in [2.45, 2.75) is 43.3 Å². The Morgan fingerprint density at radius 3 is 2.59 bits per heavy atom. The van der Waals surface area contributed by atoms with Gasteiger partial charge in [0.15, 0.2) is 0 Å². The topological polar surface area (TPSA) is 135 Å². The van der Waals surface area contributed by atoms with E-state index in [0.717, 1.165) is 25.0 Å². The second-order valence-corrected chi connectivity index (χ2v) is 8.33. The molecule has 13 heteroatoms. The number of nitrogens with two attached hydrogens (primary N) is 1. The van der Waals surface area contributed by atoms with Crippen molar-refractivity contribution in [3.05, 3.63) is 41.3 Å². The van der Waals surface area contributed by atoms with Crippen LogP contribution in [0.2, 0.25) is 0 Å². The van der Waals surface area contributed by atoms with E-state index in [0.29, 0.717) is 5.56 Å². The zero-order valence-corrected chi connectivity index (χ0v) is 17.4. The maximum atomic E-state index is 14.7. The lowest BCUT2D eigenvalue weighted by molar-refractivity contribution is -0.161. The average molecular weight is 475 g/mol. The Kier molecular flexibility index (Phi) is 4.78. The van der Waals surface area contributed by atoms with Gasteiger partial charge in [0, 0.05) is 11.6 Å². The number of anilines is 3. The molecule has 0 unspecified atom stereocenters. The molecule has 0 bridgehead atoms. The number of hydrogen-bond acceptors (Lipinski definition) is 6. The van der Waals surface area contributed by atoms with Gasteiger partial charge in [-0.05, 0) is 37.8 Å². The summed E-state index contributed by atoms with van der Waals surface area (Å²) in [6.07, 6.45) is -2.90. The van der Waals surface area contributed by atoms with Crippen molar-refractivity contribution in [3.8, 4) is 17.3 Å². The Morgan fingerprint density at radius 1 is 1.26 bits per heavy atom. The number of nitriles is 1. The number of halogens is 4. The van der Waals surface area contributed by atoms with Gasteiger partial charge in [0.2, 0.25) is 5.88 Å². The van der Waals surface area contributed by atoms with Crippen LogP contribution < -0.4 is 16.4 Å². The van der Waals surface area contributed by atoms with Crippen molar-refractivity contribution in [1.82, 2.24) is 14.9 Å². The molecule has 2 aliphatic carbocycles. The summed E-state index contributed by atoms with van der Waals surface area (Å²) in [6, 6.07) is 6.01. The SMILES string of the molecule is N#Cc1c(-c2ccc(NC(=O)Nc3cc(C4(C(F)(F)F)CC4)no3)c(F)c2)nn(C2CC2)c1N. The number of rotatable bonds is 5. The number of alkyl halides is 3. The van der Waals surface area contributed by atoms with E-state index in [4.69, 9.17) is 10.3 Å². The number of aromatic nitrogens is 3. The molecule has 2 saturated carbocycles. The summed E-state index contributed by atoms with van der Waals surface area (Å²) in [5, 5.41) is 21.7. The highest BCUT2D eigenvalue weighted by Crippen LogP contribution is 2.58. The lowest BCUT2D eigenvalue weighted by Gasteiger charge is -2.15. The zero-order valence-electron chi connectivity index (χ0n) is 17.4. The monoisotopic (exact) mass is 475 g/mol. The van der Waals surface area contributed by atoms with E-state index in [1.807, 2.05) is 6.07 Å². The molecule has 1 aromatic carbocycles. The molecule has 34 heavy (non-hydrogen) atoms. The smallest absolute Gasteiger partial charge is 0.383 e. The Balaban J connectivity index is 1.30. The molecule has 2 heterocycles. The summed E-state index contributed by atoms with van der Waals surface area (Å²) in [4.78, 5) is 12.2. The molecular formula is C21H17F4N7O2. The van der Waals surface area contributed by atoms with E-state index in [1.165, 1.54) is 12.1 Å². The lowest BCUT2D eigenvalue weighted by atomic mass is 10.0. The van der Waals surface area contributed by atoms with Crippen LogP contribution in [0.15, 0.2) is 28.8 Å².